The molecule has 4 N–H and O–H groups in total. The fraction of sp³-hybridized carbons (Fsp3) is 0.737. The zero-order chi connectivity index (χ0) is 20.8. The Bertz CT molecular complexity index is 789. The molecule has 2 atom stereocenters. The highest BCUT2D eigenvalue weighted by Gasteiger charge is 2.26. The second-order valence-electron chi connectivity index (χ2n) is 7.96. The van der Waals surface area contributed by atoms with E-state index in [2.05, 4.69) is 17.2 Å². The topological polar surface area (TPSA) is 105 Å². The highest BCUT2D eigenvalue weighted by atomic mass is 32.1. The molecule has 0 unspecified atom stereocenters. The lowest BCUT2D eigenvalue weighted by molar-refractivity contribution is 0.207. The lowest BCUT2D eigenvalue weighted by Gasteiger charge is -2.34. The van der Waals surface area contributed by atoms with Gasteiger partial charge in [-0.15, -0.1) is 0 Å². The number of aromatic amines is 1. The molecule has 1 fully saturated rings. The normalized spacial score (nSPS) is 19.6. The number of rotatable bonds is 7. The van der Waals surface area contributed by atoms with Gasteiger partial charge in [0, 0.05) is 26.2 Å². The molecule has 28 heavy (non-hydrogen) atoms. The summed E-state index contributed by atoms with van der Waals surface area (Å²) < 4.78 is 6.60. The van der Waals surface area contributed by atoms with Gasteiger partial charge in [0.05, 0.1) is 6.61 Å². The zero-order valence-electron chi connectivity index (χ0n) is 17.3. The largest absolute Gasteiger partial charge is 0.383 e. The first-order chi connectivity index (χ1) is 13.3. The van der Waals surface area contributed by atoms with E-state index in [4.69, 9.17) is 22.7 Å². The van der Waals surface area contributed by atoms with E-state index in [9.17, 15) is 9.59 Å². The summed E-state index contributed by atoms with van der Waals surface area (Å²) in [5, 5.41) is 3.84. The van der Waals surface area contributed by atoms with E-state index in [0.717, 1.165) is 19.3 Å². The van der Waals surface area contributed by atoms with Crippen molar-refractivity contribution in [2.75, 3.05) is 30.9 Å². The molecule has 158 valence electrons. The number of nitrogen functional groups attached to an aromatic ring is 1. The van der Waals surface area contributed by atoms with E-state index in [1.54, 1.807) is 12.0 Å². The molecule has 0 aliphatic heterocycles. The van der Waals surface area contributed by atoms with Crippen LogP contribution in [0.3, 0.4) is 0 Å². The van der Waals surface area contributed by atoms with E-state index >= 15 is 0 Å². The summed E-state index contributed by atoms with van der Waals surface area (Å²) in [5.74, 6) is 0.820. The molecule has 1 aromatic heterocycles. The number of nitrogens with one attached hydrogen (secondary N) is 2. The molecule has 0 aromatic carbocycles. The molecule has 0 bridgehead atoms. The minimum Gasteiger partial charge on any atom is -0.383 e. The number of hydrogen-bond acceptors (Lipinski definition) is 5. The molecule has 0 amide bonds. The number of nitrogens with two attached hydrogens (primary N) is 1. The highest BCUT2D eigenvalue weighted by Crippen LogP contribution is 2.25. The molecule has 0 spiro atoms. The Kier molecular flexibility index (Phi) is 8.06. The number of thiocarbonyl (C=S) groups is 1. The number of ether oxygens (including phenoxy) is 1. The monoisotopic (exact) mass is 411 g/mol. The third-order valence-corrected chi connectivity index (χ3v) is 5.55. The SMILES string of the molecule is COCCN(C(=S)N[C@H]1CCCC[C@H]1C)c1c(N)n(CC(C)C)c(=O)[nH]c1=O. The molecule has 1 heterocycles. The van der Waals surface area contributed by atoms with E-state index in [1.165, 1.54) is 11.0 Å². The van der Waals surface area contributed by atoms with Crippen LogP contribution < -0.4 is 27.2 Å². The van der Waals surface area contributed by atoms with Crippen LogP contribution in [0.25, 0.3) is 0 Å². The fourth-order valence-electron chi connectivity index (χ4n) is 3.65. The van der Waals surface area contributed by atoms with Crippen molar-refractivity contribution in [2.45, 2.75) is 59.0 Å². The van der Waals surface area contributed by atoms with Crippen molar-refractivity contribution >= 4 is 28.8 Å². The summed E-state index contributed by atoms with van der Waals surface area (Å²) in [6.07, 6.45) is 4.58. The van der Waals surface area contributed by atoms with E-state index in [1.807, 2.05) is 13.8 Å². The van der Waals surface area contributed by atoms with Crippen molar-refractivity contribution in [3.63, 3.8) is 0 Å². The van der Waals surface area contributed by atoms with E-state index in [-0.39, 0.29) is 23.5 Å². The van der Waals surface area contributed by atoms with E-state index in [0.29, 0.717) is 30.7 Å². The van der Waals surface area contributed by atoms with Crippen molar-refractivity contribution < 1.29 is 4.74 Å². The lowest BCUT2D eigenvalue weighted by atomic mass is 9.86. The second kappa shape index (κ2) is 10.1. The van der Waals surface area contributed by atoms with Crippen LogP contribution in [-0.2, 0) is 11.3 Å². The zero-order valence-corrected chi connectivity index (χ0v) is 18.1. The molecule has 2 rings (SSSR count). The molecule has 1 saturated carbocycles. The van der Waals surface area contributed by atoms with Gasteiger partial charge in [-0.05, 0) is 36.9 Å². The van der Waals surface area contributed by atoms with Crippen molar-refractivity contribution in [2.24, 2.45) is 11.8 Å². The molecule has 9 heteroatoms. The third kappa shape index (κ3) is 5.35. The van der Waals surface area contributed by atoms with Crippen LogP contribution in [0.5, 0.6) is 0 Å². The second-order valence-corrected chi connectivity index (χ2v) is 8.35. The summed E-state index contributed by atoms with van der Waals surface area (Å²) in [6, 6.07) is 0.258. The molecule has 8 nitrogen and oxygen atoms in total. The Morgan fingerprint density at radius 2 is 2.07 bits per heavy atom. The summed E-state index contributed by atoms with van der Waals surface area (Å²) in [7, 11) is 1.59. The predicted molar refractivity (Wildman–Crippen MR) is 117 cm³/mol. The quantitative estimate of drug-likeness (QED) is 0.586. The molecule has 1 aliphatic carbocycles. The average Bonchev–Trinajstić information content (AvgIpc) is 2.63. The minimum atomic E-state index is -0.542. The molecule has 1 aromatic rings. The first kappa shape index (κ1) is 22.4. The minimum absolute atomic E-state index is 0.124. The first-order valence-electron chi connectivity index (χ1n) is 9.95. The van der Waals surface area contributed by atoms with Crippen LogP contribution >= 0.6 is 12.2 Å². The van der Waals surface area contributed by atoms with Crippen molar-refractivity contribution in [1.82, 2.24) is 14.9 Å². The third-order valence-electron chi connectivity index (χ3n) is 5.22. The maximum Gasteiger partial charge on any atom is 0.330 e. The van der Waals surface area contributed by atoms with Crippen molar-refractivity contribution in [3.05, 3.63) is 20.8 Å². The maximum atomic E-state index is 12.6. The van der Waals surface area contributed by atoms with Crippen LogP contribution in [0.1, 0.15) is 46.5 Å². The van der Waals surface area contributed by atoms with Crippen molar-refractivity contribution in [3.8, 4) is 0 Å². The first-order valence-corrected chi connectivity index (χ1v) is 10.4. The van der Waals surface area contributed by atoms with Crippen LogP contribution in [-0.4, -0.2) is 41.0 Å². The maximum absolute atomic E-state index is 12.6. The number of hydrogen-bond donors (Lipinski definition) is 3. The Hall–Kier alpha value is -1.87. The average molecular weight is 412 g/mol. The van der Waals surface area contributed by atoms with Gasteiger partial charge in [-0.25, -0.2) is 4.79 Å². The van der Waals surface area contributed by atoms with Gasteiger partial charge in [-0.3, -0.25) is 14.3 Å². The Morgan fingerprint density at radius 3 is 2.68 bits per heavy atom. The fourth-order valence-corrected chi connectivity index (χ4v) is 3.98. The predicted octanol–water partition coefficient (Wildman–Crippen LogP) is 1.68. The molecular weight excluding hydrogens is 378 g/mol. The van der Waals surface area contributed by atoms with E-state index < -0.39 is 11.2 Å². The van der Waals surface area contributed by atoms with Crippen LogP contribution in [0.15, 0.2) is 9.59 Å². The highest BCUT2D eigenvalue weighted by molar-refractivity contribution is 7.80. The van der Waals surface area contributed by atoms with Crippen LogP contribution in [0.2, 0.25) is 0 Å². The molecule has 1 aliphatic rings. The Balaban J connectivity index is 2.40. The molecule has 0 saturated heterocycles. The molecular formula is C19H33N5O3S. The smallest absolute Gasteiger partial charge is 0.330 e. The standard InChI is InChI=1S/C19H33N5O3S/c1-12(2)11-24-16(20)15(17(25)22-18(24)26)23(9-10-27-4)19(28)21-14-8-6-5-7-13(14)3/h12-14H,5-11,20H2,1-4H3,(H,21,28)(H,22,25,26)/t13-,14+/m1/s1. The lowest BCUT2D eigenvalue weighted by Crippen LogP contribution is -2.51. The van der Waals surface area contributed by atoms with Crippen LogP contribution in [0.4, 0.5) is 11.5 Å². The summed E-state index contributed by atoms with van der Waals surface area (Å²) >= 11 is 5.65. The van der Waals surface area contributed by atoms with Crippen molar-refractivity contribution in [1.29, 1.82) is 0 Å². The summed E-state index contributed by atoms with van der Waals surface area (Å²) in [4.78, 5) is 28.9. The Morgan fingerprint density at radius 1 is 1.39 bits per heavy atom. The van der Waals surface area contributed by atoms with Gasteiger partial charge < -0.3 is 20.7 Å². The number of methoxy groups -OCH3 is 1. The Labute approximate surface area is 171 Å². The molecule has 0 radical (unpaired) electrons. The number of aromatic nitrogens is 2. The number of nitrogens with zero attached hydrogens (tertiary/aromatic N) is 2. The van der Waals surface area contributed by atoms with Gasteiger partial charge in [-0.2, -0.15) is 0 Å². The van der Waals surface area contributed by atoms with Gasteiger partial charge in [0.25, 0.3) is 5.56 Å². The van der Waals surface area contributed by atoms with Gasteiger partial charge in [0.2, 0.25) is 0 Å². The number of H-pyrrole nitrogens is 1. The van der Waals surface area contributed by atoms with Gasteiger partial charge >= 0.3 is 5.69 Å². The van der Waals surface area contributed by atoms with Crippen LogP contribution in [0, 0.1) is 11.8 Å². The van der Waals surface area contributed by atoms with Gasteiger partial charge in [0.1, 0.15) is 5.82 Å². The number of anilines is 2. The summed E-state index contributed by atoms with van der Waals surface area (Å²) in [6.45, 7) is 7.31. The summed E-state index contributed by atoms with van der Waals surface area (Å²) in [5.41, 5.74) is 5.42. The van der Waals surface area contributed by atoms with Gasteiger partial charge in [-0.1, -0.05) is 33.6 Å². The van der Waals surface area contributed by atoms with Gasteiger partial charge in [0.15, 0.2) is 10.8 Å².